The van der Waals surface area contributed by atoms with Gasteiger partial charge in [-0.1, -0.05) is 42.5 Å². The number of para-hydroxylation sites is 2. The van der Waals surface area contributed by atoms with E-state index in [2.05, 4.69) is 65.0 Å². The second-order valence-corrected chi connectivity index (χ2v) is 8.39. The Balaban J connectivity index is 1.28. The number of pyridine rings is 2. The molecule has 5 aromatic rings. The number of aromatic nitrogens is 2. The maximum atomic E-state index is 5.48. The summed E-state index contributed by atoms with van der Waals surface area (Å²) in [6.07, 6.45) is 3.89. The molecule has 0 fully saturated rings. The molecule has 0 aliphatic rings. The van der Waals surface area contributed by atoms with Crippen LogP contribution in [-0.2, 0) is 0 Å². The van der Waals surface area contributed by atoms with Crippen LogP contribution in [-0.4, -0.2) is 29.7 Å². The van der Waals surface area contributed by atoms with E-state index >= 15 is 0 Å². The Bertz CT molecular complexity index is 1360. The summed E-state index contributed by atoms with van der Waals surface area (Å²) in [4.78, 5) is 9.38. The van der Waals surface area contributed by atoms with Crippen LogP contribution < -0.4 is 15.4 Å². The number of hydrogen-bond acceptors (Lipinski definition) is 5. The predicted molar refractivity (Wildman–Crippen MR) is 138 cm³/mol. The molecule has 5 heteroatoms. The van der Waals surface area contributed by atoms with Crippen LogP contribution >= 0.6 is 0 Å². The lowest BCUT2D eigenvalue weighted by Gasteiger charge is -2.18. The van der Waals surface area contributed by atoms with Gasteiger partial charge in [-0.3, -0.25) is 4.98 Å². The van der Waals surface area contributed by atoms with Gasteiger partial charge in [0.05, 0.1) is 35.0 Å². The number of anilines is 2. The Hall–Kier alpha value is -3.86. The van der Waals surface area contributed by atoms with Crippen molar-refractivity contribution in [3.63, 3.8) is 0 Å². The van der Waals surface area contributed by atoms with Crippen molar-refractivity contribution >= 4 is 44.1 Å². The van der Waals surface area contributed by atoms with Gasteiger partial charge in [-0.05, 0) is 44.0 Å². The lowest BCUT2D eigenvalue weighted by Crippen LogP contribution is -2.17. The van der Waals surface area contributed by atoms with E-state index in [9.17, 15) is 0 Å². The van der Waals surface area contributed by atoms with Crippen molar-refractivity contribution < 1.29 is 4.74 Å². The number of ether oxygens (including phenoxy) is 1. The summed E-state index contributed by atoms with van der Waals surface area (Å²) in [5, 5.41) is 10.7. The number of hydrogen-bond donors (Lipinski definition) is 2. The van der Waals surface area contributed by atoms with Crippen LogP contribution in [0, 0.1) is 0 Å². The Morgan fingerprint density at radius 2 is 1.64 bits per heavy atom. The maximum Gasteiger partial charge on any atom is 0.121 e. The smallest absolute Gasteiger partial charge is 0.121 e. The van der Waals surface area contributed by atoms with Crippen LogP contribution in [0.1, 0.15) is 19.8 Å². The largest absolute Gasteiger partial charge is 0.497 e. The second-order valence-electron chi connectivity index (χ2n) is 8.39. The zero-order valence-electron chi connectivity index (χ0n) is 19.0. The third-order valence-electron chi connectivity index (χ3n) is 6.02. The van der Waals surface area contributed by atoms with Crippen molar-refractivity contribution in [3.05, 3.63) is 79.0 Å². The molecule has 0 saturated heterocycles. The number of methoxy groups -OCH3 is 1. The minimum Gasteiger partial charge on any atom is -0.497 e. The van der Waals surface area contributed by atoms with Crippen molar-refractivity contribution in [1.82, 2.24) is 9.97 Å². The molecule has 2 aromatic heterocycles. The molecule has 166 valence electrons. The molecule has 0 aliphatic carbocycles. The van der Waals surface area contributed by atoms with Crippen molar-refractivity contribution in [2.24, 2.45) is 0 Å². The molecule has 2 N–H and O–H groups in total. The zero-order valence-corrected chi connectivity index (χ0v) is 19.0. The molecular weight excluding hydrogens is 408 g/mol. The highest BCUT2D eigenvalue weighted by atomic mass is 16.5. The van der Waals surface area contributed by atoms with Crippen LogP contribution in [0.25, 0.3) is 32.7 Å². The molecule has 2 heterocycles. The summed E-state index contributed by atoms with van der Waals surface area (Å²) in [5.74, 6) is 0.836. The molecular formula is C28H28N4O. The fourth-order valence-electron chi connectivity index (χ4n) is 4.38. The highest BCUT2D eigenvalue weighted by Gasteiger charge is 2.11. The minimum atomic E-state index is 0.301. The predicted octanol–water partition coefficient (Wildman–Crippen LogP) is 6.64. The van der Waals surface area contributed by atoms with Crippen LogP contribution in [0.15, 0.2) is 79.0 Å². The topological polar surface area (TPSA) is 59.1 Å². The standard InChI is InChI=1S/C28H28N4O/c1-19(31-26-18-21(33-2)17-20-10-8-16-29-27(20)26)9-7-15-30-28-22-11-3-5-13-24(22)32-25-14-6-4-12-23(25)28/h3-6,8,10-14,16-19,31H,7,9,15H2,1-2H3,(H,30,32)/t19-/m0/s1. The first kappa shape index (κ1) is 21.0. The third-order valence-corrected chi connectivity index (χ3v) is 6.02. The van der Waals surface area contributed by atoms with Crippen molar-refractivity contribution in [2.75, 3.05) is 24.3 Å². The van der Waals surface area contributed by atoms with Gasteiger partial charge in [0, 0.05) is 41.0 Å². The van der Waals surface area contributed by atoms with Gasteiger partial charge in [0.2, 0.25) is 0 Å². The lowest BCUT2D eigenvalue weighted by molar-refractivity contribution is 0.415. The van der Waals surface area contributed by atoms with E-state index in [0.717, 1.165) is 63.5 Å². The highest BCUT2D eigenvalue weighted by molar-refractivity contribution is 6.07. The second kappa shape index (κ2) is 9.33. The molecule has 0 spiro atoms. The van der Waals surface area contributed by atoms with Crippen LogP contribution in [0.4, 0.5) is 11.4 Å². The van der Waals surface area contributed by atoms with Gasteiger partial charge >= 0.3 is 0 Å². The van der Waals surface area contributed by atoms with Crippen LogP contribution in [0.2, 0.25) is 0 Å². The van der Waals surface area contributed by atoms with Crippen molar-refractivity contribution in [2.45, 2.75) is 25.8 Å². The summed E-state index contributed by atoms with van der Waals surface area (Å²) in [7, 11) is 1.70. The Kier molecular flexibility index (Phi) is 5.94. The zero-order chi connectivity index (χ0) is 22.6. The molecule has 0 aliphatic heterocycles. The SMILES string of the molecule is COc1cc(N[C@@H](C)CCCNc2c3ccccc3nc3ccccc23)c2ncccc2c1. The summed E-state index contributed by atoms with van der Waals surface area (Å²) < 4.78 is 5.48. The van der Waals surface area contributed by atoms with E-state index in [1.54, 1.807) is 7.11 Å². The summed E-state index contributed by atoms with van der Waals surface area (Å²) in [6.45, 7) is 3.10. The summed E-state index contributed by atoms with van der Waals surface area (Å²) in [6, 6.07) is 25.0. The van der Waals surface area contributed by atoms with Gasteiger partial charge in [0.1, 0.15) is 5.75 Å². The molecule has 0 saturated carbocycles. The number of nitrogens with zero attached hydrogens (tertiary/aromatic N) is 2. The lowest BCUT2D eigenvalue weighted by atomic mass is 10.1. The number of benzene rings is 3. The van der Waals surface area contributed by atoms with Crippen LogP contribution in [0.3, 0.4) is 0 Å². The number of fused-ring (bicyclic) bond motifs is 3. The van der Waals surface area contributed by atoms with E-state index in [1.165, 1.54) is 5.69 Å². The first-order chi connectivity index (χ1) is 16.2. The molecule has 33 heavy (non-hydrogen) atoms. The van der Waals surface area contributed by atoms with E-state index in [4.69, 9.17) is 9.72 Å². The molecule has 0 amide bonds. The van der Waals surface area contributed by atoms with Gasteiger partial charge in [-0.15, -0.1) is 0 Å². The highest BCUT2D eigenvalue weighted by Crippen LogP contribution is 2.31. The number of nitrogens with one attached hydrogen (secondary N) is 2. The molecule has 1 atom stereocenters. The van der Waals surface area contributed by atoms with E-state index in [1.807, 2.05) is 36.5 Å². The van der Waals surface area contributed by atoms with E-state index < -0.39 is 0 Å². The molecule has 5 rings (SSSR count). The molecule has 5 nitrogen and oxygen atoms in total. The maximum absolute atomic E-state index is 5.48. The monoisotopic (exact) mass is 436 g/mol. The molecule has 0 unspecified atom stereocenters. The van der Waals surface area contributed by atoms with E-state index in [-0.39, 0.29) is 0 Å². The molecule has 0 bridgehead atoms. The average molecular weight is 437 g/mol. The minimum absolute atomic E-state index is 0.301. The summed E-state index contributed by atoms with van der Waals surface area (Å²) in [5.41, 5.74) is 5.19. The normalized spacial score (nSPS) is 12.2. The van der Waals surface area contributed by atoms with Gasteiger partial charge in [-0.2, -0.15) is 0 Å². The van der Waals surface area contributed by atoms with E-state index in [0.29, 0.717) is 6.04 Å². The first-order valence-electron chi connectivity index (χ1n) is 11.4. The molecule has 3 aromatic carbocycles. The third kappa shape index (κ3) is 4.40. The average Bonchev–Trinajstić information content (AvgIpc) is 2.85. The van der Waals surface area contributed by atoms with Crippen LogP contribution in [0.5, 0.6) is 5.75 Å². The Labute approximate surface area is 193 Å². The fourth-order valence-corrected chi connectivity index (χ4v) is 4.38. The van der Waals surface area contributed by atoms with Gasteiger partial charge < -0.3 is 15.4 Å². The Morgan fingerprint density at radius 1 is 0.909 bits per heavy atom. The fraction of sp³-hybridized carbons (Fsp3) is 0.214. The van der Waals surface area contributed by atoms with Crippen molar-refractivity contribution in [1.29, 1.82) is 0 Å². The quantitative estimate of drug-likeness (QED) is 0.211. The van der Waals surface area contributed by atoms with Crippen molar-refractivity contribution in [3.8, 4) is 5.75 Å². The first-order valence-corrected chi connectivity index (χ1v) is 11.4. The van der Waals surface area contributed by atoms with Gasteiger partial charge in [-0.25, -0.2) is 4.98 Å². The summed E-state index contributed by atoms with van der Waals surface area (Å²) >= 11 is 0. The Morgan fingerprint density at radius 3 is 2.36 bits per heavy atom. The molecule has 0 radical (unpaired) electrons. The van der Waals surface area contributed by atoms with Gasteiger partial charge in [0.15, 0.2) is 0 Å². The number of rotatable bonds is 8. The van der Waals surface area contributed by atoms with Gasteiger partial charge in [0.25, 0.3) is 0 Å².